The summed E-state index contributed by atoms with van der Waals surface area (Å²) in [6, 6.07) is 5.32. The van der Waals surface area contributed by atoms with Crippen LogP contribution in [0.4, 0.5) is 13.2 Å². The van der Waals surface area contributed by atoms with Crippen molar-refractivity contribution in [3.05, 3.63) is 41.5 Å². The van der Waals surface area contributed by atoms with E-state index in [1.807, 2.05) is 0 Å². The van der Waals surface area contributed by atoms with Crippen LogP contribution in [0.2, 0.25) is 0 Å². The third-order valence-corrected chi connectivity index (χ3v) is 3.01. The second-order valence-corrected chi connectivity index (χ2v) is 4.60. The Labute approximate surface area is 114 Å². The molecule has 0 saturated heterocycles. The fourth-order valence-corrected chi connectivity index (χ4v) is 1.94. The minimum atomic E-state index is -4.39. The maximum Gasteiger partial charge on any atom is 0.416 e. The maximum atomic E-state index is 12.8. The van der Waals surface area contributed by atoms with Crippen LogP contribution in [0.3, 0.4) is 0 Å². The summed E-state index contributed by atoms with van der Waals surface area (Å²) >= 11 is 0. The monoisotopic (exact) mass is 282 g/mol. The van der Waals surface area contributed by atoms with Gasteiger partial charge in [0.2, 0.25) is 5.91 Å². The molecule has 20 heavy (non-hydrogen) atoms. The molecule has 1 aromatic rings. The summed E-state index contributed by atoms with van der Waals surface area (Å²) in [7, 11) is 0. The van der Waals surface area contributed by atoms with E-state index >= 15 is 0 Å². The lowest BCUT2D eigenvalue weighted by atomic mass is 9.98. The normalized spacial score (nSPS) is 19.9. The third-order valence-electron chi connectivity index (χ3n) is 3.01. The molecule has 1 aromatic carbocycles. The van der Waals surface area contributed by atoms with Gasteiger partial charge in [-0.05, 0) is 17.7 Å². The summed E-state index contributed by atoms with van der Waals surface area (Å²) in [6.07, 6.45) is -1.23. The van der Waals surface area contributed by atoms with Crippen molar-refractivity contribution in [2.45, 2.75) is 19.5 Å². The Hall–Kier alpha value is -2.11. The zero-order chi connectivity index (χ0) is 14.8. The first kappa shape index (κ1) is 14.3. The molecule has 1 unspecified atom stereocenters. The van der Waals surface area contributed by atoms with Crippen molar-refractivity contribution < 1.29 is 18.0 Å². The van der Waals surface area contributed by atoms with E-state index in [1.165, 1.54) is 24.3 Å². The van der Waals surface area contributed by atoms with E-state index in [0.29, 0.717) is 5.71 Å². The zero-order valence-corrected chi connectivity index (χ0v) is 10.7. The topological polar surface area (TPSA) is 41.5 Å². The highest BCUT2D eigenvalue weighted by Crippen LogP contribution is 2.32. The summed E-state index contributed by atoms with van der Waals surface area (Å²) < 4.78 is 38.5. The number of allylic oxidation sites excluding steroid dienone is 1. The lowest BCUT2D eigenvalue weighted by Crippen LogP contribution is -2.30. The number of amides is 1. The summed E-state index contributed by atoms with van der Waals surface area (Å²) in [5.41, 5.74) is 2.26. The molecule has 0 fully saturated rings. The second kappa shape index (κ2) is 5.48. The van der Waals surface area contributed by atoms with Crippen LogP contribution in [0, 0.1) is 5.92 Å². The molecular weight excluding hydrogens is 269 g/mol. The lowest BCUT2D eigenvalue weighted by molar-refractivity contribution is -0.137. The lowest BCUT2D eigenvalue weighted by Gasteiger charge is -2.16. The minimum absolute atomic E-state index is 0.0757. The van der Waals surface area contributed by atoms with Crippen LogP contribution in [0.1, 0.15) is 24.5 Å². The molecule has 2 rings (SSSR count). The molecule has 0 saturated carbocycles. The second-order valence-electron chi connectivity index (χ2n) is 4.60. The number of alkyl halides is 3. The van der Waals surface area contributed by atoms with Crippen LogP contribution in [0.5, 0.6) is 0 Å². The molecule has 106 valence electrons. The molecule has 1 aliphatic heterocycles. The molecule has 0 spiro atoms. The molecule has 0 aliphatic carbocycles. The van der Waals surface area contributed by atoms with E-state index in [0.717, 1.165) is 6.07 Å². The summed E-state index contributed by atoms with van der Waals surface area (Å²) in [6.45, 7) is 1.80. The van der Waals surface area contributed by atoms with Gasteiger partial charge in [0.05, 0.1) is 11.3 Å². The Bertz CT molecular complexity index is 576. The predicted octanol–water partition coefficient (Wildman–Crippen LogP) is 3.23. The Morgan fingerprint density at radius 3 is 2.65 bits per heavy atom. The highest BCUT2D eigenvalue weighted by molar-refractivity contribution is 6.03. The quantitative estimate of drug-likeness (QED) is 0.889. The van der Waals surface area contributed by atoms with Gasteiger partial charge in [0.1, 0.15) is 0 Å². The SMILES string of the molecule is CC1CC(=O)NN=C1C=Cc1ccccc1C(F)(F)F. The Kier molecular flexibility index (Phi) is 3.92. The molecule has 1 amide bonds. The van der Waals surface area contributed by atoms with Gasteiger partial charge in [0.15, 0.2) is 0 Å². The Morgan fingerprint density at radius 1 is 1.30 bits per heavy atom. The fourth-order valence-electron chi connectivity index (χ4n) is 1.94. The molecule has 1 heterocycles. The van der Waals surface area contributed by atoms with Crippen LogP contribution in [0.15, 0.2) is 35.4 Å². The summed E-state index contributed by atoms with van der Waals surface area (Å²) in [5, 5.41) is 3.85. The van der Waals surface area contributed by atoms with Gasteiger partial charge in [-0.1, -0.05) is 31.2 Å². The smallest absolute Gasteiger partial charge is 0.273 e. The molecule has 6 heteroatoms. The average molecular weight is 282 g/mol. The van der Waals surface area contributed by atoms with Crippen LogP contribution in [0.25, 0.3) is 6.08 Å². The van der Waals surface area contributed by atoms with Gasteiger partial charge in [-0.25, -0.2) is 5.43 Å². The Balaban J connectivity index is 2.27. The average Bonchev–Trinajstić information content (AvgIpc) is 2.37. The van der Waals surface area contributed by atoms with E-state index in [-0.39, 0.29) is 23.8 Å². The van der Waals surface area contributed by atoms with Crippen molar-refractivity contribution in [2.75, 3.05) is 0 Å². The number of hydrogen-bond donors (Lipinski definition) is 1. The van der Waals surface area contributed by atoms with Crippen molar-refractivity contribution in [1.29, 1.82) is 0 Å². The molecule has 1 aliphatic rings. The van der Waals surface area contributed by atoms with E-state index in [1.54, 1.807) is 13.0 Å². The van der Waals surface area contributed by atoms with Gasteiger partial charge in [-0.15, -0.1) is 0 Å². The van der Waals surface area contributed by atoms with E-state index < -0.39 is 11.7 Å². The van der Waals surface area contributed by atoms with E-state index in [9.17, 15) is 18.0 Å². The Morgan fingerprint density at radius 2 is 2.00 bits per heavy atom. The molecular formula is C14H13F3N2O. The van der Waals surface area contributed by atoms with Crippen LogP contribution in [-0.4, -0.2) is 11.6 Å². The zero-order valence-electron chi connectivity index (χ0n) is 10.7. The van der Waals surface area contributed by atoms with Crippen LogP contribution in [-0.2, 0) is 11.0 Å². The summed E-state index contributed by atoms with van der Waals surface area (Å²) in [5.74, 6) is -0.302. The summed E-state index contributed by atoms with van der Waals surface area (Å²) in [4.78, 5) is 11.1. The first-order chi connectivity index (χ1) is 9.38. The highest BCUT2D eigenvalue weighted by Gasteiger charge is 2.32. The van der Waals surface area contributed by atoms with Crippen LogP contribution >= 0.6 is 0 Å². The van der Waals surface area contributed by atoms with Gasteiger partial charge in [0, 0.05) is 12.3 Å². The van der Waals surface area contributed by atoms with Crippen molar-refractivity contribution in [3.8, 4) is 0 Å². The number of rotatable bonds is 2. The van der Waals surface area contributed by atoms with Crippen LogP contribution < -0.4 is 5.43 Å². The molecule has 0 aromatic heterocycles. The number of halogens is 3. The molecule has 0 bridgehead atoms. The van der Waals surface area contributed by atoms with Gasteiger partial charge in [-0.3, -0.25) is 4.79 Å². The van der Waals surface area contributed by atoms with Crippen molar-refractivity contribution in [3.63, 3.8) is 0 Å². The third kappa shape index (κ3) is 3.26. The number of benzene rings is 1. The standard InChI is InChI=1S/C14H13F3N2O/c1-9-8-13(20)19-18-12(9)7-6-10-4-2-3-5-11(10)14(15,16)17/h2-7,9H,8H2,1H3,(H,19,20). The largest absolute Gasteiger partial charge is 0.416 e. The molecule has 3 nitrogen and oxygen atoms in total. The minimum Gasteiger partial charge on any atom is -0.273 e. The number of carbonyl (C=O) groups is 1. The highest BCUT2D eigenvalue weighted by atomic mass is 19.4. The number of nitrogens with zero attached hydrogens (tertiary/aromatic N) is 1. The van der Waals surface area contributed by atoms with Gasteiger partial charge < -0.3 is 0 Å². The molecule has 0 radical (unpaired) electrons. The maximum absolute atomic E-state index is 12.8. The van der Waals surface area contributed by atoms with E-state index in [4.69, 9.17) is 0 Å². The number of hydrogen-bond acceptors (Lipinski definition) is 2. The van der Waals surface area contributed by atoms with Gasteiger partial charge in [-0.2, -0.15) is 18.3 Å². The first-order valence-electron chi connectivity index (χ1n) is 6.08. The van der Waals surface area contributed by atoms with Crippen molar-refractivity contribution in [1.82, 2.24) is 5.43 Å². The molecule has 1 atom stereocenters. The fraction of sp³-hybridized carbons (Fsp3) is 0.286. The van der Waals surface area contributed by atoms with Crippen molar-refractivity contribution in [2.24, 2.45) is 11.0 Å². The first-order valence-corrected chi connectivity index (χ1v) is 6.08. The number of hydrazone groups is 1. The number of carbonyl (C=O) groups excluding carboxylic acids is 1. The van der Waals surface area contributed by atoms with E-state index in [2.05, 4.69) is 10.5 Å². The van der Waals surface area contributed by atoms with Gasteiger partial charge in [0.25, 0.3) is 0 Å². The molecule has 1 N–H and O–H groups in total. The van der Waals surface area contributed by atoms with Crippen molar-refractivity contribution >= 4 is 17.7 Å². The number of nitrogens with one attached hydrogen (secondary N) is 1. The predicted molar refractivity (Wildman–Crippen MR) is 69.8 cm³/mol. The van der Waals surface area contributed by atoms with Gasteiger partial charge >= 0.3 is 6.18 Å².